The fourth-order valence-electron chi connectivity index (χ4n) is 2.90. The van der Waals surface area contributed by atoms with Gasteiger partial charge in [-0.3, -0.25) is 4.79 Å². The molecule has 2 fully saturated rings. The number of piperidine rings is 1. The van der Waals surface area contributed by atoms with Crippen LogP contribution in [-0.4, -0.2) is 37.0 Å². The number of carbonyl (C=O) groups excluding carboxylic acids is 1. The average Bonchev–Trinajstić information content (AvgIpc) is 2.62. The third-order valence-electron chi connectivity index (χ3n) is 4.38. The minimum absolute atomic E-state index is 0.262. The summed E-state index contributed by atoms with van der Waals surface area (Å²) in [5.41, 5.74) is 0.262. The summed E-state index contributed by atoms with van der Waals surface area (Å²) in [6, 6.07) is 0. The van der Waals surface area contributed by atoms with Crippen LogP contribution in [0.2, 0.25) is 0 Å². The van der Waals surface area contributed by atoms with Gasteiger partial charge in [-0.05, 0) is 43.2 Å². The third-order valence-corrected chi connectivity index (χ3v) is 4.38. The zero-order valence-corrected chi connectivity index (χ0v) is 11.5. The molecule has 0 saturated carbocycles. The van der Waals surface area contributed by atoms with Crippen LogP contribution in [0.5, 0.6) is 0 Å². The number of hydrogen-bond acceptors (Lipinski definition) is 2. The summed E-state index contributed by atoms with van der Waals surface area (Å²) in [6.45, 7) is 11.0. The van der Waals surface area contributed by atoms with Crippen molar-refractivity contribution in [2.75, 3.05) is 26.2 Å². The molecule has 0 aliphatic carbocycles. The summed E-state index contributed by atoms with van der Waals surface area (Å²) in [5.74, 6) is 1.64. The number of likely N-dealkylation sites (tertiary alicyclic amines) is 1. The van der Waals surface area contributed by atoms with Gasteiger partial charge in [-0.2, -0.15) is 0 Å². The van der Waals surface area contributed by atoms with Crippen molar-refractivity contribution >= 4 is 5.91 Å². The highest BCUT2D eigenvalue weighted by Crippen LogP contribution is 2.34. The molecule has 2 rings (SSSR count). The van der Waals surface area contributed by atoms with Gasteiger partial charge in [0.1, 0.15) is 0 Å². The van der Waals surface area contributed by atoms with Gasteiger partial charge in [0, 0.05) is 19.5 Å². The Bertz CT molecular complexity index is 276. The molecule has 2 aliphatic rings. The first-order chi connectivity index (χ1) is 7.97. The van der Waals surface area contributed by atoms with Crippen LogP contribution in [0.3, 0.4) is 0 Å². The molecule has 1 atom stereocenters. The van der Waals surface area contributed by atoms with Crippen LogP contribution < -0.4 is 5.32 Å². The number of amides is 1. The largest absolute Gasteiger partial charge is 0.342 e. The van der Waals surface area contributed by atoms with Crippen LogP contribution in [0.1, 0.15) is 40.0 Å². The van der Waals surface area contributed by atoms with Gasteiger partial charge in [0.2, 0.25) is 5.91 Å². The van der Waals surface area contributed by atoms with Gasteiger partial charge in [0.05, 0.1) is 0 Å². The van der Waals surface area contributed by atoms with Crippen molar-refractivity contribution < 1.29 is 4.79 Å². The molecule has 98 valence electrons. The van der Waals surface area contributed by atoms with Gasteiger partial charge in [-0.25, -0.2) is 0 Å². The Kier molecular flexibility index (Phi) is 3.76. The van der Waals surface area contributed by atoms with Crippen molar-refractivity contribution in [3.8, 4) is 0 Å². The van der Waals surface area contributed by atoms with Crippen molar-refractivity contribution in [2.45, 2.75) is 40.0 Å². The smallest absolute Gasteiger partial charge is 0.222 e. The van der Waals surface area contributed by atoms with Crippen molar-refractivity contribution in [3.63, 3.8) is 0 Å². The van der Waals surface area contributed by atoms with E-state index in [2.05, 4.69) is 31.0 Å². The maximum Gasteiger partial charge on any atom is 0.222 e. The second kappa shape index (κ2) is 4.97. The molecule has 0 bridgehead atoms. The minimum atomic E-state index is 0.262. The number of rotatable bonds is 2. The topological polar surface area (TPSA) is 32.3 Å². The lowest BCUT2D eigenvalue weighted by molar-refractivity contribution is -0.128. The highest BCUT2D eigenvalue weighted by atomic mass is 16.2. The Morgan fingerprint density at radius 3 is 2.47 bits per heavy atom. The van der Waals surface area contributed by atoms with Crippen LogP contribution in [0.25, 0.3) is 0 Å². The molecule has 2 heterocycles. The second-order valence-corrected chi connectivity index (χ2v) is 6.76. The lowest BCUT2D eigenvalue weighted by atomic mass is 9.80. The first-order valence-electron chi connectivity index (χ1n) is 6.95. The van der Waals surface area contributed by atoms with E-state index >= 15 is 0 Å². The molecule has 1 unspecified atom stereocenters. The average molecular weight is 238 g/mol. The summed E-state index contributed by atoms with van der Waals surface area (Å²) >= 11 is 0. The molecular weight excluding hydrogens is 212 g/mol. The molecule has 0 spiro atoms. The van der Waals surface area contributed by atoms with E-state index in [0.29, 0.717) is 11.8 Å². The first kappa shape index (κ1) is 12.9. The summed E-state index contributed by atoms with van der Waals surface area (Å²) < 4.78 is 0. The fraction of sp³-hybridized carbons (Fsp3) is 0.929. The van der Waals surface area contributed by atoms with Crippen LogP contribution in [0, 0.1) is 17.3 Å². The number of hydrogen-bond donors (Lipinski definition) is 1. The number of nitrogens with zero attached hydrogens (tertiary/aromatic N) is 1. The summed E-state index contributed by atoms with van der Waals surface area (Å²) in [5, 5.41) is 3.38. The molecular formula is C14H26N2O. The Morgan fingerprint density at radius 1 is 1.29 bits per heavy atom. The summed E-state index contributed by atoms with van der Waals surface area (Å²) in [6.07, 6.45) is 3.21. The quantitative estimate of drug-likeness (QED) is 0.796. The summed E-state index contributed by atoms with van der Waals surface area (Å²) in [4.78, 5) is 14.1. The lowest BCUT2D eigenvalue weighted by Crippen LogP contribution is -2.37. The molecule has 3 heteroatoms. The molecule has 0 aromatic carbocycles. The van der Waals surface area contributed by atoms with E-state index in [0.717, 1.165) is 38.5 Å². The van der Waals surface area contributed by atoms with E-state index in [1.54, 1.807) is 0 Å². The maximum absolute atomic E-state index is 12.0. The van der Waals surface area contributed by atoms with Gasteiger partial charge < -0.3 is 10.2 Å². The monoisotopic (exact) mass is 238 g/mol. The highest BCUT2D eigenvalue weighted by Gasteiger charge is 2.37. The number of nitrogens with one attached hydrogen (secondary N) is 1. The van der Waals surface area contributed by atoms with Crippen molar-refractivity contribution in [1.29, 1.82) is 0 Å². The van der Waals surface area contributed by atoms with Gasteiger partial charge in [0.25, 0.3) is 0 Å². The van der Waals surface area contributed by atoms with E-state index in [1.165, 1.54) is 12.8 Å². The Morgan fingerprint density at radius 2 is 1.94 bits per heavy atom. The van der Waals surface area contributed by atoms with Crippen molar-refractivity contribution in [1.82, 2.24) is 10.2 Å². The van der Waals surface area contributed by atoms with Crippen LogP contribution in [0.15, 0.2) is 0 Å². The highest BCUT2D eigenvalue weighted by molar-refractivity contribution is 5.78. The molecule has 0 radical (unpaired) electrons. The SMILES string of the molecule is CC(C)(C)C1CC(=O)N(CC2CCNCC2)C1. The predicted molar refractivity (Wildman–Crippen MR) is 69.7 cm³/mol. The van der Waals surface area contributed by atoms with E-state index in [9.17, 15) is 4.79 Å². The molecule has 2 saturated heterocycles. The van der Waals surface area contributed by atoms with Crippen LogP contribution >= 0.6 is 0 Å². The Hall–Kier alpha value is -0.570. The standard InChI is InChI=1S/C14H26N2O/c1-14(2,3)12-8-13(17)16(10-12)9-11-4-6-15-7-5-11/h11-12,15H,4-10H2,1-3H3. The Balaban J connectivity index is 1.87. The Labute approximate surface area is 105 Å². The van der Waals surface area contributed by atoms with Crippen LogP contribution in [-0.2, 0) is 4.79 Å². The predicted octanol–water partition coefficient (Wildman–Crippen LogP) is 1.88. The molecule has 17 heavy (non-hydrogen) atoms. The van der Waals surface area contributed by atoms with Crippen LogP contribution in [0.4, 0.5) is 0 Å². The lowest BCUT2D eigenvalue weighted by Gasteiger charge is -2.29. The van der Waals surface area contributed by atoms with Gasteiger partial charge in [-0.15, -0.1) is 0 Å². The zero-order valence-electron chi connectivity index (χ0n) is 11.5. The van der Waals surface area contributed by atoms with Gasteiger partial charge in [0.15, 0.2) is 0 Å². The van der Waals surface area contributed by atoms with E-state index in [4.69, 9.17) is 0 Å². The maximum atomic E-state index is 12.0. The van der Waals surface area contributed by atoms with E-state index in [1.807, 2.05) is 0 Å². The molecule has 3 nitrogen and oxygen atoms in total. The molecule has 1 amide bonds. The number of carbonyl (C=O) groups is 1. The molecule has 2 aliphatic heterocycles. The molecule has 0 aromatic rings. The molecule has 0 aromatic heterocycles. The van der Waals surface area contributed by atoms with Gasteiger partial charge in [-0.1, -0.05) is 20.8 Å². The second-order valence-electron chi connectivity index (χ2n) is 6.76. The zero-order chi connectivity index (χ0) is 12.5. The van der Waals surface area contributed by atoms with E-state index in [-0.39, 0.29) is 5.41 Å². The minimum Gasteiger partial charge on any atom is -0.342 e. The fourth-order valence-corrected chi connectivity index (χ4v) is 2.90. The van der Waals surface area contributed by atoms with Crippen molar-refractivity contribution in [3.05, 3.63) is 0 Å². The van der Waals surface area contributed by atoms with Crippen molar-refractivity contribution in [2.24, 2.45) is 17.3 Å². The summed E-state index contributed by atoms with van der Waals surface area (Å²) in [7, 11) is 0. The first-order valence-corrected chi connectivity index (χ1v) is 6.95. The normalized spacial score (nSPS) is 27.8. The van der Waals surface area contributed by atoms with Gasteiger partial charge >= 0.3 is 0 Å². The van der Waals surface area contributed by atoms with E-state index < -0.39 is 0 Å². The third kappa shape index (κ3) is 3.21. The molecule has 1 N–H and O–H groups in total.